The topological polar surface area (TPSA) is 72.9 Å². The SMILES string of the molecule is COC(=O)[C@H]1Cc2ccccc2CN1C(=O)COC(=O)c1c(C)cc(C)cc1C. The van der Waals surface area contributed by atoms with Crippen molar-refractivity contribution in [2.75, 3.05) is 13.7 Å². The molecule has 1 aliphatic heterocycles. The van der Waals surface area contributed by atoms with Gasteiger partial charge in [0.05, 0.1) is 12.7 Å². The van der Waals surface area contributed by atoms with E-state index in [0.29, 0.717) is 12.0 Å². The third-order valence-corrected chi connectivity index (χ3v) is 5.25. The zero-order valence-electron chi connectivity index (χ0n) is 17.2. The molecular weight excluding hydrogens is 370 g/mol. The first-order chi connectivity index (χ1) is 13.8. The molecule has 0 spiro atoms. The van der Waals surface area contributed by atoms with Gasteiger partial charge in [0.1, 0.15) is 6.04 Å². The molecule has 0 fully saturated rings. The number of methoxy groups -OCH3 is 1. The second kappa shape index (κ2) is 8.47. The van der Waals surface area contributed by atoms with E-state index in [1.807, 2.05) is 57.2 Å². The molecule has 1 heterocycles. The van der Waals surface area contributed by atoms with Gasteiger partial charge in [-0.3, -0.25) is 4.79 Å². The van der Waals surface area contributed by atoms with E-state index in [9.17, 15) is 14.4 Å². The second-order valence-electron chi connectivity index (χ2n) is 7.38. The molecule has 1 aliphatic rings. The molecule has 29 heavy (non-hydrogen) atoms. The van der Waals surface area contributed by atoms with Gasteiger partial charge in [0.25, 0.3) is 5.91 Å². The molecular formula is C23H25NO5. The smallest absolute Gasteiger partial charge is 0.339 e. The monoisotopic (exact) mass is 395 g/mol. The highest BCUT2D eigenvalue weighted by Crippen LogP contribution is 2.24. The lowest BCUT2D eigenvalue weighted by atomic mass is 9.94. The molecule has 3 rings (SSSR count). The summed E-state index contributed by atoms with van der Waals surface area (Å²) < 4.78 is 10.2. The summed E-state index contributed by atoms with van der Waals surface area (Å²) in [6, 6.07) is 10.7. The predicted octanol–water partition coefficient (Wildman–Crippen LogP) is 2.90. The van der Waals surface area contributed by atoms with Crippen LogP contribution in [0, 0.1) is 20.8 Å². The first-order valence-electron chi connectivity index (χ1n) is 9.51. The number of fused-ring (bicyclic) bond motifs is 1. The molecule has 2 aromatic carbocycles. The number of rotatable bonds is 4. The Hall–Kier alpha value is -3.15. The normalized spacial score (nSPS) is 15.4. The summed E-state index contributed by atoms with van der Waals surface area (Å²) in [7, 11) is 1.30. The number of esters is 2. The van der Waals surface area contributed by atoms with Crippen LogP contribution in [0.3, 0.4) is 0 Å². The lowest BCUT2D eigenvalue weighted by Crippen LogP contribution is -2.50. The lowest BCUT2D eigenvalue weighted by molar-refractivity contribution is -0.155. The third kappa shape index (κ3) is 4.31. The second-order valence-corrected chi connectivity index (χ2v) is 7.38. The van der Waals surface area contributed by atoms with E-state index in [4.69, 9.17) is 9.47 Å². The molecule has 1 amide bonds. The average molecular weight is 395 g/mol. The highest BCUT2D eigenvalue weighted by molar-refractivity contribution is 5.94. The van der Waals surface area contributed by atoms with Crippen LogP contribution in [0.15, 0.2) is 36.4 Å². The molecule has 0 radical (unpaired) electrons. The van der Waals surface area contributed by atoms with E-state index in [2.05, 4.69) is 0 Å². The van der Waals surface area contributed by atoms with Crippen molar-refractivity contribution in [1.29, 1.82) is 0 Å². The Morgan fingerprint density at radius 3 is 2.28 bits per heavy atom. The van der Waals surface area contributed by atoms with Crippen LogP contribution in [-0.4, -0.2) is 42.5 Å². The molecule has 0 bridgehead atoms. The van der Waals surface area contributed by atoms with Crippen molar-refractivity contribution in [3.63, 3.8) is 0 Å². The fourth-order valence-corrected chi connectivity index (χ4v) is 3.92. The van der Waals surface area contributed by atoms with Gasteiger partial charge in [-0.05, 0) is 43.0 Å². The van der Waals surface area contributed by atoms with Crippen molar-refractivity contribution in [2.45, 2.75) is 39.8 Å². The quantitative estimate of drug-likeness (QED) is 0.745. The molecule has 2 aromatic rings. The molecule has 6 heteroatoms. The highest BCUT2D eigenvalue weighted by Gasteiger charge is 2.35. The van der Waals surface area contributed by atoms with Gasteiger partial charge in [-0.2, -0.15) is 0 Å². The number of hydrogen-bond donors (Lipinski definition) is 0. The Morgan fingerprint density at radius 1 is 1.03 bits per heavy atom. The van der Waals surface area contributed by atoms with Crippen molar-refractivity contribution in [2.24, 2.45) is 0 Å². The Bertz CT molecular complexity index is 942. The number of carbonyl (C=O) groups excluding carboxylic acids is 3. The van der Waals surface area contributed by atoms with Crippen molar-refractivity contribution in [3.05, 3.63) is 69.8 Å². The van der Waals surface area contributed by atoms with Crippen LogP contribution in [0.25, 0.3) is 0 Å². The largest absolute Gasteiger partial charge is 0.467 e. The van der Waals surface area contributed by atoms with Crippen LogP contribution >= 0.6 is 0 Å². The van der Waals surface area contributed by atoms with Crippen LogP contribution in [0.4, 0.5) is 0 Å². The molecule has 0 N–H and O–H groups in total. The van der Waals surface area contributed by atoms with Gasteiger partial charge in [0.15, 0.2) is 6.61 Å². The number of hydrogen-bond acceptors (Lipinski definition) is 5. The lowest BCUT2D eigenvalue weighted by Gasteiger charge is -2.35. The molecule has 0 unspecified atom stereocenters. The van der Waals surface area contributed by atoms with Crippen LogP contribution < -0.4 is 0 Å². The summed E-state index contributed by atoms with van der Waals surface area (Å²) in [5.74, 6) is -1.45. The van der Waals surface area contributed by atoms with E-state index in [1.54, 1.807) is 0 Å². The number of benzene rings is 2. The minimum absolute atomic E-state index is 0.273. The van der Waals surface area contributed by atoms with Crippen molar-refractivity contribution < 1.29 is 23.9 Å². The number of nitrogens with zero attached hydrogens (tertiary/aromatic N) is 1. The molecule has 0 aromatic heterocycles. The summed E-state index contributed by atoms with van der Waals surface area (Å²) in [6.07, 6.45) is 0.374. The number of aryl methyl sites for hydroxylation is 3. The van der Waals surface area contributed by atoms with Crippen LogP contribution in [0.1, 0.15) is 38.2 Å². The average Bonchev–Trinajstić information content (AvgIpc) is 2.69. The molecule has 0 saturated heterocycles. The maximum Gasteiger partial charge on any atom is 0.339 e. The number of amides is 1. The van der Waals surface area contributed by atoms with Gasteiger partial charge in [-0.1, -0.05) is 42.0 Å². The van der Waals surface area contributed by atoms with Gasteiger partial charge in [0.2, 0.25) is 0 Å². The number of carbonyl (C=O) groups is 3. The minimum Gasteiger partial charge on any atom is -0.467 e. The van der Waals surface area contributed by atoms with Crippen LogP contribution in [-0.2, 0) is 32.0 Å². The standard InChI is InChI=1S/C23H25NO5/c1-14-9-15(2)21(16(3)10-14)23(27)29-13-20(25)24-12-18-8-6-5-7-17(18)11-19(24)22(26)28-4/h5-10,19H,11-13H2,1-4H3/t19-/m1/s1. The first-order valence-corrected chi connectivity index (χ1v) is 9.51. The Kier molecular flexibility index (Phi) is 6.01. The minimum atomic E-state index is -0.732. The van der Waals surface area contributed by atoms with Crippen molar-refractivity contribution in [3.8, 4) is 0 Å². The fraction of sp³-hybridized carbons (Fsp3) is 0.348. The molecule has 152 valence electrons. The third-order valence-electron chi connectivity index (χ3n) is 5.25. The zero-order valence-corrected chi connectivity index (χ0v) is 17.2. The summed E-state index contributed by atoms with van der Waals surface area (Å²) in [5.41, 5.74) is 5.11. The van der Waals surface area contributed by atoms with E-state index in [-0.39, 0.29) is 6.54 Å². The highest BCUT2D eigenvalue weighted by atomic mass is 16.5. The van der Waals surface area contributed by atoms with Gasteiger partial charge in [-0.15, -0.1) is 0 Å². The fourth-order valence-electron chi connectivity index (χ4n) is 3.92. The zero-order chi connectivity index (χ0) is 21.1. The predicted molar refractivity (Wildman–Crippen MR) is 107 cm³/mol. The molecule has 1 atom stereocenters. The van der Waals surface area contributed by atoms with E-state index in [0.717, 1.165) is 27.8 Å². The van der Waals surface area contributed by atoms with Crippen LogP contribution in [0.5, 0.6) is 0 Å². The van der Waals surface area contributed by atoms with Crippen molar-refractivity contribution in [1.82, 2.24) is 4.90 Å². The Morgan fingerprint density at radius 2 is 1.66 bits per heavy atom. The summed E-state index contributed by atoms with van der Waals surface area (Å²) in [6.45, 7) is 5.48. The summed E-state index contributed by atoms with van der Waals surface area (Å²) in [4.78, 5) is 39.1. The first kappa shape index (κ1) is 20.6. The van der Waals surface area contributed by atoms with Gasteiger partial charge < -0.3 is 14.4 Å². The maximum atomic E-state index is 12.8. The van der Waals surface area contributed by atoms with Crippen molar-refractivity contribution >= 4 is 17.8 Å². The Labute approximate surface area is 170 Å². The summed E-state index contributed by atoms with van der Waals surface area (Å²) in [5, 5.41) is 0. The van der Waals surface area contributed by atoms with E-state index in [1.165, 1.54) is 12.0 Å². The van der Waals surface area contributed by atoms with E-state index < -0.39 is 30.5 Å². The van der Waals surface area contributed by atoms with E-state index >= 15 is 0 Å². The van der Waals surface area contributed by atoms with Gasteiger partial charge >= 0.3 is 11.9 Å². The molecule has 0 aliphatic carbocycles. The molecule has 0 saturated carbocycles. The molecule has 6 nitrogen and oxygen atoms in total. The maximum absolute atomic E-state index is 12.8. The number of ether oxygens (including phenoxy) is 2. The van der Waals surface area contributed by atoms with Crippen LogP contribution in [0.2, 0.25) is 0 Å². The van der Waals surface area contributed by atoms with Gasteiger partial charge in [0, 0.05) is 13.0 Å². The van der Waals surface area contributed by atoms with Gasteiger partial charge in [-0.25, -0.2) is 9.59 Å². The summed E-state index contributed by atoms with van der Waals surface area (Å²) >= 11 is 0. The Balaban J connectivity index is 1.75.